The molecule has 0 amide bonds. The zero-order valence-corrected chi connectivity index (χ0v) is 13.5. The van der Waals surface area contributed by atoms with Crippen molar-refractivity contribution in [2.75, 3.05) is 19.7 Å². The van der Waals surface area contributed by atoms with E-state index in [2.05, 4.69) is 25.7 Å². The van der Waals surface area contributed by atoms with E-state index in [0.717, 1.165) is 18.7 Å². The first-order valence-corrected chi connectivity index (χ1v) is 7.52. The van der Waals surface area contributed by atoms with Crippen LogP contribution in [0.15, 0.2) is 24.3 Å². The monoisotopic (exact) mass is 297 g/mol. The quantitative estimate of drug-likeness (QED) is 0.716. The molecule has 1 aromatic rings. The average molecular weight is 298 g/mol. The summed E-state index contributed by atoms with van der Waals surface area (Å²) in [6.45, 7) is 10.3. The Morgan fingerprint density at radius 2 is 1.75 bits per heavy atom. The van der Waals surface area contributed by atoms with Crippen molar-refractivity contribution in [3.05, 3.63) is 34.9 Å². The lowest BCUT2D eigenvalue weighted by molar-refractivity contribution is -0.146. The number of rotatable bonds is 7. The summed E-state index contributed by atoms with van der Waals surface area (Å²) in [6.07, 6.45) is 0.337. The molecule has 0 saturated heterocycles. The molecule has 0 radical (unpaired) electrons. The van der Waals surface area contributed by atoms with E-state index in [4.69, 9.17) is 16.3 Å². The molecule has 0 aliphatic heterocycles. The molecule has 0 spiro atoms. The number of hydrogen-bond donors (Lipinski definition) is 0. The molecular formula is C16H24ClNO2. The summed E-state index contributed by atoms with van der Waals surface area (Å²) in [7, 11) is 0. The van der Waals surface area contributed by atoms with Gasteiger partial charge in [-0.1, -0.05) is 37.6 Å². The molecule has 0 heterocycles. The lowest BCUT2D eigenvalue weighted by atomic mass is 9.86. The van der Waals surface area contributed by atoms with Crippen molar-refractivity contribution in [3.8, 4) is 0 Å². The molecular weight excluding hydrogens is 274 g/mol. The average Bonchev–Trinajstić information content (AvgIpc) is 2.40. The van der Waals surface area contributed by atoms with Crippen LogP contribution in [0.2, 0.25) is 5.02 Å². The van der Waals surface area contributed by atoms with E-state index in [0.29, 0.717) is 18.1 Å². The van der Waals surface area contributed by atoms with Crippen LogP contribution >= 0.6 is 11.6 Å². The molecule has 0 aromatic heterocycles. The lowest BCUT2D eigenvalue weighted by Gasteiger charge is -2.40. The molecule has 1 aromatic carbocycles. The highest BCUT2D eigenvalue weighted by Gasteiger charge is 2.35. The smallest absolute Gasteiger partial charge is 0.307 e. The third-order valence-electron chi connectivity index (χ3n) is 3.72. The van der Waals surface area contributed by atoms with Gasteiger partial charge in [0.05, 0.1) is 18.6 Å². The first-order chi connectivity index (χ1) is 9.47. The van der Waals surface area contributed by atoms with E-state index >= 15 is 0 Å². The van der Waals surface area contributed by atoms with Crippen LogP contribution in [-0.2, 0) is 15.1 Å². The minimum atomic E-state index is -0.375. The largest absolute Gasteiger partial charge is 0.466 e. The molecule has 0 fully saturated rings. The number of halogens is 1. The van der Waals surface area contributed by atoms with Crippen molar-refractivity contribution in [2.45, 2.75) is 39.7 Å². The topological polar surface area (TPSA) is 29.5 Å². The van der Waals surface area contributed by atoms with Crippen LogP contribution in [0.25, 0.3) is 0 Å². The predicted octanol–water partition coefficient (Wildman–Crippen LogP) is 3.85. The molecule has 20 heavy (non-hydrogen) atoms. The number of hydrogen-bond acceptors (Lipinski definition) is 3. The molecule has 0 aliphatic carbocycles. The Morgan fingerprint density at radius 3 is 2.20 bits per heavy atom. The van der Waals surface area contributed by atoms with Gasteiger partial charge in [-0.3, -0.25) is 9.69 Å². The zero-order chi connectivity index (χ0) is 15.2. The second kappa shape index (κ2) is 7.65. The molecule has 0 aliphatic rings. The van der Waals surface area contributed by atoms with Crippen molar-refractivity contribution >= 4 is 17.6 Å². The molecule has 3 nitrogen and oxygen atoms in total. The summed E-state index contributed by atoms with van der Waals surface area (Å²) in [5.74, 6) is -0.170. The maximum Gasteiger partial charge on any atom is 0.307 e. The Kier molecular flexibility index (Phi) is 6.50. The van der Waals surface area contributed by atoms with Crippen LogP contribution in [0.5, 0.6) is 0 Å². The van der Waals surface area contributed by atoms with Gasteiger partial charge < -0.3 is 4.74 Å². The Bertz CT molecular complexity index is 429. The zero-order valence-electron chi connectivity index (χ0n) is 12.8. The van der Waals surface area contributed by atoms with E-state index < -0.39 is 0 Å². The third kappa shape index (κ3) is 3.97. The first-order valence-electron chi connectivity index (χ1n) is 7.14. The Balaban J connectivity index is 3.11. The molecule has 1 atom stereocenters. The highest BCUT2D eigenvalue weighted by atomic mass is 35.5. The number of ether oxygens (including phenoxy) is 1. The summed E-state index contributed by atoms with van der Waals surface area (Å²) >= 11 is 5.96. The minimum absolute atomic E-state index is 0.170. The Labute approximate surface area is 126 Å². The van der Waals surface area contributed by atoms with E-state index in [1.54, 1.807) is 0 Å². The maximum atomic E-state index is 12.0. The molecule has 0 saturated carbocycles. The van der Waals surface area contributed by atoms with Crippen molar-refractivity contribution < 1.29 is 9.53 Å². The van der Waals surface area contributed by atoms with Gasteiger partial charge >= 0.3 is 5.97 Å². The SMILES string of the molecule is CCOC(=O)CC(C)(c1ccc(Cl)cc1)N(CC)CC. The summed E-state index contributed by atoms with van der Waals surface area (Å²) in [5, 5.41) is 0.701. The van der Waals surface area contributed by atoms with Gasteiger partial charge in [-0.25, -0.2) is 0 Å². The van der Waals surface area contributed by atoms with E-state index in [1.165, 1.54) is 0 Å². The Morgan fingerprint density at radius 1 is 1.20 bits per heavy atom. The summed E-state index contributed by atoms with van der Waals surface area (Å²) < 4.78 is 5.13. The first kappa shape index (κ1) is 17.0. The lowest BCUT2D eigenvalue weighted by Crippen LogP contribution is -2.45. The van der Waals surface area contributed by atoms with Crippen molar-refractivity contribution in [1.29, 1.82) is 0 Å². The summed E-state index contributed by atoms with van der Waals surface area (Å²) in [5.41, 5.74) is 0.707. The van der Waals surface area contributed by atoms with Crippen LogP contribution in [0.4, 0.5) is 0 Å². The number of nitrogens with zero attached hydrogens (tertiary/aromatic N) is 1. The van der Waals surface area contributed by atoms with E-state index in [9.17, 15) is 4.79 Å². The molecule has 1 rings (SSSR count). The van der Waals surface area contributed by atoms with Gasteiger partial charge in [0.15, 0.2) is 0 Å². The number of esters is 1. The standard InChI is InChI=1S/C16H24ClNO2/c1-5-18(6-2)16(4,12-15(19)20-7-3)13-8-10-14(17)11-9-13/h8-11H,5-7,12H2,1-4H3. The fourth-order valence-electron chi connectivity index (χ4n) is 2.62. The van der Waals surface area contributed by atoms with Crippen molar-refractivity contribution in [1.82, 2.24) is 4.90 Å². The van der Waals surface area contributed by atoms with Gasteiger partial charge in [-0.2, -0.15) is 0 Å². The number of carbonyl (C=O) groups is 1. The molecule has 4 heteroatoms. The van der Waals surface area contributed by atoms with Gasteiger partial charge in [-0.15, -0.1) is 0 Å². The van der Waals surface area contributed by atoms with Crippen LogP contribution in [-0.4, -0.2) is 30.6 Å². The fraction of sp³-hybridized carbons (Fsp3) is 0.562. The van der Waals surface area contributed by atoms with Gasteiger partial charge in [0.1, 0.15) is 0 Å². The molecule has 0 bridgehead atoms. The van der Waals surface area contributed by atoms with Crippen LogP contribution < -0.4 is 0 Å². The molecule has 0 N–H and O–H groups in total. The Hall–Kier alpha value is -1.06. The molecule has 1 unspecified atom stereocenters. The van der Waals surface area contributed by atoms with Gasteiger partial charge in [-0.05, 0) is 44.6 Å². The van der Waals surface area contributed by atoms with Crippen LogP contribution in [0, 0.1) is 0 Å². The predicted molar refractivity (Wildman–Crippen MR) is 83.0 cm³/mol. The normalized spacial score (nSPS) is 14.1. The third-order valence-corrected chi connectivity index (χ3v) is 3.97. The molecule has 112 valence electrons. The maximum absolute atomic E-state index is 12.0. The second-order valence-electron chi connectivity index (χ2n) is 4.93. The highest BCUT2D eigenvalue weighted by molar-refractivity contribution is 6.30. The van der Waals surface area contributed by atoms with Gasteiger partial charge in [0.2, 0.25) is 0 Å². The highest BCUT2D eigenvalue weighted by Crippen LogP contribution is 2.32. The number of carbonyl (C=O) groups excluding carboxylic acids is 1. The van der Waals surface area contributed by atoms with Crippen LogP contribution in [0.3, 0.4) is 0 Å². The fourth-order valence-corrected chi connectivity index (χ4v) is 2.75. The summed E-state index contributed by atoms with van der Waals surface area (Å²) in [4.78, 5) is 14.2. The van der Waals surface area contributed by atoms with Gasteiger partial charge in [0.25, 0.3) is 0 Å². The van der Waals surface area contributed by atoms with Crippen LogP contribution in [0.1, 0.15) is 39.7 Å². The van der Waals surface area contributed by atoms with Crippen molar-refractivity contribution in [2.24, 2.45) is 0 Å². The summed E-state index contributed by atoms with van der Waals surface area (Å²) in [6, 6.07) is 7.70. The van der Waals surface area contributed by atoms with E-state index in [1.807, 2.05) is 31.2 Å². The number of benzene rings is 1. The van der Waals surface area contributed by atoms with Crippen molar-refractivity contribution in [3.63, 3.8) is 0 Å². The second-order valence-corrected chi connectivity index (χ2v) is 5.37. The van der Waals surface area contributed by atoms with Gasteiger partial charge in [0, 0.05) is 5.02 Å². The minimum Gasteiger partial charge on any atom is -0.466 e. The van der Waals surface area contributed by atoms with E-state index in [-0.39, 0.29) is 11.5 Å².